The van der Waals surface area contributed by atoms with Crippen molar-refractivity contribution in [3.05, 3.63) is 46.7 Å². The molecule has 0 bridgehead atoms. The van der Waals surface area contributed by atoms with Crippen LogP contribution in [0.3, 0.4) is 0 Å². The van der Waals surface area contributed by atoms with Crippen molar-refractivity contribution in [2.75, 3.05) is 0 Å². The summed E-state index contributed by atoms with van der Waals surface area (Å²) in [5, 5.41) is 13.3. The van der Waals surface area contributed by atoms with Gasteiger partial charge in [0.2, 0.25) is 0 Å². The van der Waals surface area contributed by atoms with Crippen molar-refractivity contribution in [3.63, 3.8) is 0 Å². The topological polar surface area (TPSA) is 70.7 Å². The minimum atomic E-state index is -0.254. The number of halogens is 1. The molecule has 94 valence electrons. The average molecular weight is 265 g/mol. The third-order valence-electron chi connectivity index (χ3n) is 2.61. The first-order chi connectivity index (χ1) is 8.70. The van der Waals surface area contributed by atoms with Crippen LogP contribution in [0.1, 0.15) is 35.4 Å². The Bertz CT molecular complexity index is 527. The maximum absolute atomic E-state index is 11.9. The summed E-state index contributed by atoms with van der Waals surface area (Å²) in [6.07, 6.45) is 2.16. The van der Waals surface area contributed by atoms with Gasteiger partial charge in [-0.1, -0.05) is 30.7 Å². The molecule has 0 radical (unpaired) electrons. The van der Waals surface area contributed by atoms with Crippen molar-refractivity contribution in [1.82, 2.24) is 20.7 Å². The highest BCUT2D eigenvalue weighted by molar-refractivity contribution is 6.30. The third-order valence-corrected chi connectivity index (χ3v) is 2.85. The van der Waals surface area contributed by atoms with Crippen LogP contribution in [0.5, 0.6) is 0 Å². The number of hydrogen-bond acceptors (Lipinski definition) is 3. The van der Waals surface area contributed by atoms with E-state index in [0.29, 0.717) is 5.02 Å². The van der Waals surface area contributed by atoms with Crippen molar-refractivity contribution in [2.45, 2.75) is 19.4 Å². The van der Waals surface area contributed by atoms with E-state index >= 15 is 0 Å². The summed E-state index contributed by atoms with van der Waals surface area (Å²) in [5.41, 5.74) is 1.25. The molecule has 0 saturated carbocycles. The minimum Gasteiger partial charge on any atom is -0.344 e. The maximum Gasteiger partial charge on any atom is 0.273 e. The summed E-state index contributed by atoms with van der Waals surface area (Å²) in [4.78, 5) is 11.9. The van der Waals surface area contributed by atoms with E-state index in [-0.39, 0.29) is 17.6 Å². The molecule has 6 heteroatoms. The quantitative estimate of drug-likeness (QED) is 0.890. The zero-order chi connectivity index (χ0) is 13.0. The Morgan fingerprint density at radius 1 is 1.56 bits per heavy atom. The summed E-state index contributed by atoms with van der Waals surface area (Å²) in [6, 6.07) is 7.36. The normalized spacial score (nSPS) is 12.1. The smallest absolute Gasteiger partial charge is 0.273 e. The number of aromatic amines is 1. The van der Waals surface area contributed by atoms with Crippen molar-refractivity contribution >= 4 is 17.5 Å². The largest absolute Gasteiger partial charge is 0.344 e. The van der Waals surface area contributed by atoms with Gasteiger partial charge in [0.1, 0.15) is 0 Å². The summed E-state index contributed by atoms with van der Waals surface area (Å²) in [6.45, 7) is 1.99. The van der Waals surface area contributed by atoms with Crippen LogP contribution >= 0.6 is 11.6 Å². The van der Waals surface area contributed by atoms with Crippen LogP contribution in [0.25, 0.3) is 0 Å². The van der Waals surface area contributed by atoms with E-state index in [1.807, 2.05) is 25.1 Å². The van der Waals surface area contributed by atoms with Gasteiger partial charge in [0, 0.05) is 5.02 Å². The number of H-pyrrole nitrogens is 1. The molecule has 2 rings (SSSR count). The Morgan fingerprint density at radius 2 is 2.39 bits per heavy atom. The van der Waals surface area contributed by atoms with Gasteiger partial charge in [-0.3, -0.25) is 4.79 Å². The van der Waals surface area contributed by atoms with Gasteiger partial charge in [0.05, 0.1) is 12.2 Å². The van der Waals surface area contributed by atoms with Gasteiger partial charge < -0.3 is 5.32 Å². The number of aromatic nitrogens is 3. The number of hydrogen-bond donors (Lipinski definition) is 2. The maximum atomic E-state index is 11.9. The van der Waals surface area contributed by atoms with E-state index in [2.05, 4.69) is 20.7 Å². The third kappa shape index (κ3) is 2.87. The van der Waals surface area contributed by atoms with E-state index < -0.39 is 0 Å². The second kappa shape index (κ2) is 5.64. The SMILES string of the molecule is CCC(NC(=O)c1cn[nH]n1)c1cccc(Cl)c1. The lowest BCUT2D eigenvalue weighted by molar-refractivity contribution is 0.0930. The lowest BCUT2D eigenvalue weighted by Crippen LogP contribution is -2.28. The molecule has 1 heterocycles. The number of amides is 1. The Kier molecular flexibility index (Phi) is 3.94. The van der Waals surface area contributed by atoms with Gasteiger partial charge in [-0.2, -0.15) is 15.4 Å². The molecular formula is C12H13ClN4O. The Labute approximate surface area is 110 Å². The molecule has 2 N–H and O–H groups in total. The van der Waals surface area contributed by atoms with Crippen molar-refractivity contribution in [2.24, 2.45) is 0 Å². The van der Waals surface area contributed by atoms with E-state index in [1.54, 1.807) is 6.07 Å². The lowest BCUT2D eigenvalue weighted by atomic mass is 10.0. The molecule has 1 atom stereocenters. The first-order valence-electron chi connectivity index (χ1n) is 5.62. The molecule has 1 aromatic heterocycles. The zero-order valence-corrected chi connectivity index (χ0v) is 10.6. The van der Waals surface area contributed by atoms with Crippen molar-refractivity contribution in [3.8, 4) is 0 Å². The molecule has 0 aliphatic heterocycles. The van der Waals surface area contributed by atoms with Crippen LogP contribution in [0, 0.1) is 0 Å². The Morgan fingerprint density at radius 3 is 3.00 bits per heavy atom. The van der Waals surface area contributed by atoms with Gasteiger partial charge in [-0.05, 0) is 24.1 Å². The predicted molar refractivity (Wildman–Crippen MR) is 68.3 cm³/mol. The molecular weight excluding hydrogens is 252 g/mol. The zero-order valence-electron chi connectivity index (χ0n) is 9.85. The van der Waals surface area contributed by atoms with E-state index in [0.717, 1.165) is 12.0 Å². The van der Waals surface area contributed by atoms with Crippen LogP contribution in [-0.4, -0.2) is 21.3 Å². The first kappa shape index (κ1) is 12.6. The van der Waals surface area contributed by atoms with Gasteiger partial charge in [-0.25, -0.2) is 0 Å². The van der Waals surface area contributed by atoms with Crippen LogP contribution in [0.2, 0.25) is 5.02 Å². The number of benzene rings is 1. The molecule has 0 spiro atoms. The number of nitrogens with zero attached hydrogens (tertiary/aromatic N) is 2. The summed E-state index contributed by atoms with van der Waals surface area (Å²) in [5.74, 6) is -0.254. The van der Waals surface area contributed by atoms with Crippen LogP contribution in [0.15, 0.2) is 30.5 Å². The molecule has 2 aromatic rings. The number of rotatable bonds is 4. The van der Waals surface area contributed by atoms with Crippen LogP contribution in [-0.2, 0) is 0 Å². The number of carbonyl (C=O) groups excluding carboxylic acids is 1. The first-order valence-corrected chi connectivity index (χ1v) is 6.00. The number of carbonyl (C=O) groups is 1. The van der Waals surface area contributed by atoms with Crippen molar-refractivity contribution < 1.29 is 4.79 Å². The van der Waals surface area contributed by atoms with Gasteiger partial charge >= 0.3 is 0 Å². The summed E-state index contributed by atoms with van der Waals surface area (Å²) in [7, 11) is 0. The molecule has 0 fully saturated rings. The lowest BCUT2D eigenvalue weighted by Gasteiger charge is -2.16. The fourth-order valence-electron chi connectivity index (χ4n) is 1.69. The van der Waals surface area contributed by atoms with Crippen LogP contribution < -0.4 is 5.32 Å². The second-order valence-corrected chi connectivity index (χ2v) is 4.28. The van der Waals surface area contributed by atoms with E-state index in [9.17, 15) is 4.79 Å². The average Bonchev–Trinajstić information content (AvgIpc) is 2.89. The van der Waals surface area contributed by atoms with E-state index in [4.69, 9.17) is 11.6 Å². The molecule has 1 aromatic carbocycles. The molecule has 0 saturated heterocycles. The highest BCUT2D eigenvalue weighted by Gasteiger charge is 2.15. The predicted octanol–water partition coefficient (Wildman–Crippen LogP) is 2.34. The highest BCUT2D eigenvalue weighted by atomic mass is 35.5. The van der Waals surface area contributed by atoms with Gasteiger partial charge in [-0.15, -0.1) is 0 Å². The highest BCUT2D eigenvalue weighted by Crippen LogP contribution is 2.20. The van der Waals surface area contributed by atoms with Crippen LogP contribution in [0.4, 0.5) is 0 Å². The fourth-order valence-corrected chi connectivity index (χ4v) is 1.89. The molecule has 1 unspecified atom stereocenters. The van der Waals surface area contributed by atoms with Gasteiger partial charge in [0.15, 0.2) is 5.69 Å². The molecule has 18 heavy (non-hydrogen) atoms. The summed E-state index contributed by atoms with van der Waals surface area (Å²) < 4.78 is 0. The summed E-state index contributed by atoms with van der Waals surface area (Å²) >= 11 is 5.94. The molecule has 0 aliphatic rings. The number of nitrogens with one attached hydrogen (secondary N) is 2. The molecule has 1 amide bonds. The minimum absolute atomic E-state index is 0.0899. The molecule has 0 aliphatic carbocycles. The standard InChI is InChI=1S/C12H13ClN4O/c1-2-10(8-4-3-5-9(13)6-8)15-12(18)11-7-14-17-16-11/h3-7,10H,2H2,1H3,(H,15,18)(H,14,16,17). The van der Waals surface area contributed by atoms with Crippen molar-refractivity contribution in [1.29, 1.82) is 0 Å². The molecule has 5 nitrogen and oxygen atoms in total. The Hall–Kier alpha value is -1.88. The van der Waals surface area contributed by atoms with Gasteiger partial charge in [0.25, 0.3) is 5.91 Å². The van der Waals surface area contributed by atoms with E-state index in [1.165, 1.54) is 6.20 Å². The monoisotopic (exact) mass is 264 g/mol. The fraction of sp³-hybridized carbons (Fsp3) is 0.250. The Balaban J connectivity index is 2.13. The second-order valence-electron chi connectivity index (χ2n) is 3.84.